The van der Waals surface area contributed by atoms with Crippen LogP contribution < -0.4 is 5.32 Å². The van der Waals surface area contributed by atoms with Crippen LogP contribution in [0.1, 0.15) is 10.5 Å². The van der Waals surface area contributed by atoms with Gasteiger partial charge in [-0.05, 0) is 17.9 Å². The van der Waals surface area contributed by atoms with Gasteiger partial charge in [-0.15, -0.1) is 12.4 Å². The van der Waals surface area contributed by atoms with Crippen LogP contribution in [0.3, 0.4) is 0 Å². The maximum Gasteiger partial charge on any atom is 0.270 e. The van der Waals surface area contributed by atoms with Crippen LogP contribution in [0.4, 0.5) is 0 Å². The second-order valence-electron chi connectivity index (χ2n) is 5.04. The average molecular weight is 290 g/mol. The predicted octanol–water partition coefficient (Wildman–Crippen LogP) is 1.39. The van der Waals surface area contributed by atoms with Crippen LogP contribution in [-0.2, 0) is 7.05 Å². The van der Waals surface area contributed by atoms with Crippen molar-refractivity contribution < 1.29 is 4.79 Å². The fraction of sp³-hybridized carbons (Fsp3) is 0.583. The van der Waals surface area contributed by atoms with E-state index in [0.717, 1.165) is 26.2 Å². The first kappa shape index (κ1) is 13.7. The smallest absolute Gasteiger partial charge is 0.270 e. The van der Waals surface area contributed by atoms with E-state index in [-0.39, 0.29) is 18.3 Å². The summed E-state index contributed by atoms with van der Waals surface area (Å²) >= 11 is 5.91. The SMILES string of the molecule is Cl.Cn1cc(Cl)cc1C(=O)N1C[C@H]2CNC[C@H]2C1. The van der Waals surface area contributed by atoms with Gasteiger partial charge in [0, 0.05) is 39.4 Å². The fourth-order valence-corrected chi connectivity index (χ4v) is 3.17. The van der Waals surface area contributed by atoms with Gasteiger partial charge < -0.3 is 14.8 Å². The third kappa shape index (κ3) is 2.25. The molecule has 1 N–H and O–H groups in total. The number of carbonyl (C=O) groups excluding carboxylic acids is 1. The van der Waals surface area contributed by atoms with Gasteiger partial charge in [-0.1, -0.05) is 11.6 Å². The summed E-state index contributed by atoms with van der Waals surface area (Å²) < 4.78 is 1.80. The molecule has 0 radical (unpaired) electrons. The Bertz CT molecular complexity index is 448. The number of likely N-dealkylation sites (tertiary alicyclic amines) is 1. The molecule has 0 aromatic carbocycles. The number of nitrogens with zero attached hydrogens (tertiary/aromatic N) is 2. The predicted molar refractivity (Wildman–Crippen MR) is 73.4 cm³/mol. The molecule has 0 spiro atoms. The van der Waals surface area contributed by atoms with Crippen molar-refractivity contribution in [2.45, 2.75) is 0 Å². The van der Waals surface area contributed by atoms with E-state index in [1.807, 2.05) is 11.9 Å². The summed E-state index contributed by atoms with van der Waals surface area (Å²) in [6, 6.07) is 1.75. The van der Waals surface area contributed by atoms with Gasteiger partial charge in [0.1, 0.15) is 5.69 Å². The van der Waals surface area contributed by atoms with Gasteiger partial charge in [0.05, 0.1) is 5.02 Å². The summed E-state index contributed by atoms with van der Waals surface area (Å²) in [6.07, 6.45) is 1.77. The molecule has 1 aromatic heterocycles. The summed E-state index contributed by atoms with van der Waals surface area (Å²) in [5.41, 5.74) is 0.683. The topological polar surface area (TPSA) is 37.3 Å². The molecule has 18 heavy (non-hydrogen) atoms. The van der Waals surface area contributed by atoms with E-state index in [2.05, 4.69) is 5.32 Å². The summed E-state index contributed by atoms with van der Waals surface area (Å²) in [5.74, 6) is 1.37. The second-order valence-corrected chi connectivity index (χ2v) is 5.48. The van der Waals surface area contributed by atoms with Crippen molar-refractivity contribution in [1.29, 1.82) is 0 Å². The minimum Gasteiger partial charge on any atom is -0.345 e. The van der Waals surface area contributed by atoms with Gasteiger partial charge in [-0.2, -0.15) is 0 Å². The van der Waals surface area contributed by atoms with E-state index in [9.17, 15) is 4.79 Å². The highest BCUT2D eigenvalue weighted by molar-refractivity contribution is 6.31. The first-order valence-corrected chi connectivity index (χ1v) is 6.35. The minimum absolute atomic E-state index is 0. The van der Waals surface area contributed by atoms with Gasteiger partial charge in [-0.25, -0.2) is 0 Å². The van der Waals surface area contributed by atoms with Gasteiger partial charge in [0.25, 0.3) is 5.91 Å². The maximum absolute atomic E-state index is 12.3. The van der Waals surface area contributed by atoms with E-state index in [1.54, 1.807) is 16.8 Å². The van der Waals surface area contributed by atoms with Crippen molar-refractivity contribution in [1.82, 2.24) is 14.8 Å². The van der Waals surface area contributed by atoms with Crippen molar-refractivity contribution in [3.8, 4) is 0 Å². The van der Waals surface area contributed by atoms with Crippen LogP contribution in [0, 0.1) is 11.8 Å². The van der Waals surface area contributed by atoms with Crippen LogP contribution in [0.15, 0.2) is 12.3 Å². The second kappa shape index (κ2) is 5.11. The monoisotopic (exact) mass is 289 g/mol. The van der Waals surface area contributed by atoms with Crippen molar-refractivity contribution in [2.24, 2.45) is 18.9 Å². The van der Waals surface area contributed by atoms with Crippen molar-refractivity contribution in [3.63, 3.8) is 0 Å². The summed E-state index contributed by atoms with van der Waals surface area (Å²) in [5, 5.41) is 4.00. The Morgan fingerprint density at radius 3 is 2.50 bits per heavy atom. The third-order valence-corrected chi connectivity index (χ3v) is 4.07. The number of amides is 1. The molecule has 4 nitrogen and oxygen atoms in total. The molecule has 6 heteroatoms. The lowest BCUT2D eigenvalue weighted by Crippen LogP contribution is -2.32. The first-order valence-electron chi connectivity index (χ1n) is 5.97. The molecule has 0 bridgehead atoms. The largest absolute Gasteiger partial charge is 0.345 e. The van der Waals surface area contributed by atoms with Gasteiger partial charge in [-0.3, -0.25) is 4.79 Å². The van der Waals surface area contributed by atoms with E-state index < -0.39 is 0 Å². The zero-order chi connectivity index (χ0) is 12.0. The highest BCUT2D eigenvalue weighted by Gasteiger charge is 2.38. The van der Waals surface area contributed by atoms with Crippen LogP contribution in [0.2, 0.25) is 5.02 Å². The van der Waals surface area contributed by atoms with Crippen LogP contribution in [0.5, 0.6) is 0 Å². The van der Waals surface area contributed by atoms with Crippen molar-refractivity contribution >= 4 is 29.9 Å². The van der Waals surface area contributed by atoms with Crippen LogP contribution in [0.25, 0.3) is 0 Å². The quantitative estimate of drug-likeness (QED) is 0.848. The van der Waals surface area contributed by atoms with Crippen molar-refractivity contribution in [2.75, 3.05) is 26.2 Å². The van der Waals surface area contributed by atoms with E-state index in [0.29, 0.717) is 22.6 Å². The highest BCUT2D eigenvalue weighted by Crippen LogP contribution is 2.27. The van der Waals surface area contributed by atoms with Gasteiger partial charge >= 0.3 is 0 Å². The lowest BCUT2D eigenvalue weighted by Gasteiger charge is -2.17. The van der Waals surface area contributed by atoms with E-state index >= 15 is 0 Å². The number of fused-ring (bicyclic) bond motifs is 1. The Balaban J connectivity index is 0.00000120. The van der Waals surface area contributed by atoms with Crippen molar-refractivity contribution in [3.05, 3.63) is 23.0 Å². The lowest BCUT2D eigenvalue weighted by atomic mass is 10.0. The number of rotatable bonds is 1. The number of aromatic nitrogens is 1. The molecule has 0 saturated carbocycles. The lowest BCUT2D eigenvalue weighted by molar-refractivity contribution is 0.0772. The number of carbonyl (C=O) groups is 1. The summed E-state index contributed by atoms with van der Waals surface area (Å²) in [4.78, 5) is 14.3. The normalized spacial score (nSPS) is 26.0. The molecule has 0 aliphatic carbocycles. The standard InChI is InChI=1S/C12H16ClN3O.ClH/c1-15-7-10(13)2-11(15)12(17)16-5-8-3-14-4-9(8)6-16;/h2,7-9,14H,3-6H2,1H3;1H/t8-,9+;. The molecule has 0 unspecified atom stereocenters. The minimum atomic E-state index is 0. The molecule has 1 amide bonds. The highest BCUT2D eigenvalue weighted by atomic mass is 35.5. The van der Waals surface area contributed by atoms with Gasteiger partial charge in [0.15, 0.2) is 0 Å². The molecule has 2 atom stereocenters. The molecule has 2 aliphatic heterocycles. The van der Waals surface area contributed by atoms with E-state index in [1.165, 1.54) is 0 Å². The Kier molecular flexibility index (Phi) is 3.90. The molecular formula is C12H17Cl2N3O. The number of hydrogen-bond donors (Lipinski definition) is 1. The maximum atomic E-state index is 12.3. The Hall–Kier alpha value is -0.710. The summed E-state index contributed by atoms with van der Waals surface area (Å²) in [7, 11) is 1.86. The Morgan fingerprint density at radius 1 is 1.39 bits per heavy atom. The molecule has 1 aromatic rings. The third-order valence-electron chi connectivity index (χ3n) is 3.87. The zero-order valence-electron chi connectivity index (χ0n) is 10.2. The number of halogens is 2. The van der Waals surface area contributed by atoms with E-state index in [4.69, 9.17) is 11.6 Å². The first-order chi connectivity index (χ1) is 8.15. The molecule has 3 heterocycles. The van der Waals surface area contributed by atoms with Crippen LogP contribution >= 0.6 is 24.0 Å². The molecular weight excluding hydrogens is 273 g/mol. The summed E-state index contributed by atoms with van der Waals surface area (Å²) in [6.45, 7) is 3.84. The number of aryl methyl sites for hydroxylation is 1. The fourth-order valence-electron chi connectivity index (χ4n) is 2.92. The Labute approximate surface area is 118 Å². The molecule has 3 rings (SSSR count). The molecule has 2 aliphatic rings. The molecule has 2 fully saturated rings. The molecule has 2 saturated heterocycles. The number of hydrogen-bond acceptors (Lipinski definition) is 2. The zero-order valence-corrected chi connectivity index (χ0v) is 11.8. The van der Waals surface area contributed by atoms with Gasteiger partial charge in [0.2, 0.25) is 0 Å². The molecule has 100 valence electrons. The average Bonchev–Trinajstić information content (AvgIpc) is 2.90. The Morgan fingerprint density at radius 2 is 2.00 bits per heavy atom. The number of nitrogens with one attached hydrogen (secondary N) is 1. The van der Waals surface area contributed by atoms with Crippen LogP contribution in [-0.4, -0.2) is 41.6 Å².